The number of benzene rings is 1. The zero-order valence-electron chi connectivity index (χ0n) is 16.8. The summed E-state index contributed by atoms with van der Waals surface area (Å²) in [6.07, 6.45) is 3.97. The van der Waals surface area contributed by atoms with Gasteiger partial charge in [0.2, 0.25) is 5.88 Å². The molecule has 150 valence electrons. The second kappa shape index (κ2) is 10.5. The Morgan fingerprint density at radius 2 is 1.93 bits per heavy atom. The Kier molecular flexibility index (Phi) is 7.53. The number of para-hydroxylation sites is 1. The summed E-state index contributed by atoms with van der Waals surface area (Å²) in [5, 5.41) is 3.41. The monoisotopic (exact) mass is 382 g/mol. The van der Waals surface area contributed by atoms with Gasteiger partial charge in [0.05, 0.1) is 13.2 Å². The highest BCUT2D eigenvalue weighted by Gasteiger charge is 2.22. The summed E-state index contributed by atoms with van der Waals surface area (Å²) in [7, 11) is 0. The summed E-state index contributed by atoms with van der Waals surface area (Å²) in [6, 6.07) is 14.0. The molecule has 0 radical (unpaired) electrons. The number of nitrogens with zero attached hydrogens (tertiary/aromatic N) is 3. The summed E-state index contributed by atoms with van der Waals surface area (Å²) in [6.45, 7) is 7.90. The van der Waals surface area contributed by atoms with E-state index >= 15 is 0 Å². The van der Waals surface area contributed by atoms with E-state index < -0.39 is 0 Å². The third-order valence-electron chi connectivity index (χ3n) is 4.65. The van der Waals surface area contributed by atoms with Crippen LogP contribution in [0.1, 0.15) is 32.3 Å². The van der Waals surface area contributed by atoms with E-state index in [-0.39, 0.29) is 6.10 Å². The molecule has 3 rings (SSSR count). The van der Waals surface area contributed by atoms with Crippen LogP contribution in [0.2, 0.25) is 0 Å². The number of rotatable bonds is 7. The fraction of sp³-hybridized carbons (Fsp3) is 0.455. The molecule has 1 fully saturated rings. The van der Waals surface area contributed by atoms with Crippen LogP contribution >= 0.6 is 0 Å². The van der Waals surface area contributed by atoms with Crippen LogP contribution in [0.15, 0.2) is 53.7 Å². The molecule has 2 heterocycles. The number of nitrogens with one attached hydrogen (secondary N) is 1. The van der Waals surface area contributed by atoms with Crippen molar-refractivity contribution in [1.29, 1.82) is 0 Å². The topological polar surface area (TPSA) is 59.0 Å². The summed E-state index contributed by atoms with van der Waals surface area (Å²) in [5.74, 6) is 2.55. The van der Waals surface area contributed by atoms with Gasteiger partial charge < -0.3 is 19.7 Å². The van der Waals surface area contributed by atoms with Crippen LogP contribution < -0.4 is 14.8 Å². The van der Waals surface area contributed by atoms with Crippen molar-refractivity contribution in [3.05, 3.63) is 54.2 Å². The van der Waals surface area contributed by atoms with E-state index in [9.17, 15) is 0 Å². The second-order valence-corrected chi connectivity index (χ2v) is 6.69. The summed E-state index contributed by atoms with van der Waals surface area (Å²) in [5.41, 5.74) is 1.00. The highest BCUT2D eigenvalue weighted by molar-refractivity contribution is 5.80. The number of hydrogen-bond donors (Lipinski definition) is 1. The van der Waals surface area contributed by atoms with Crippen molar-refractivity contribution in [2.45, 2.75) is 39.3 Å². The Morgan fingerprint density at radius 3 is 2.64 bits per heavy atom. The summed E-state index contributed by atoms with van der Waals surface area (Å²) < 4.78 is 11.7. The van der Waals surface area contributed by atoms with E-state index in [1.54, 1.807) is 6.20 Å². The van der Waals surface area contributed by atoms with Crippen molar-refractivity contribution in [1.82, 2.24) is 15.2 Å². The maximum Gasteiger partial charge on any atom is 0.218 e. The van der Waals surface area contributed by atoms with Crippen molar-refractivity contribution in [2.24, 2.45) is 4.99 Å². The Morgan fingerprint density at radius 1 is 1.14 bits per heavy atom. The maximum atomic E-state index is 6.10. The quantitative estimate of drug-likeness (QED) is 0.587. The van der Waals surface area contributed by atoms with Crippen molar-refractivity contribution in [3.8, 4) is 11.6 Å². The Labute approximate surface area is 167 Å². The van der Waals surface area contributed by atoms with Crippen LogP contribution in [0.5, 0.6) is 11.6 Å². The fourth-order valence-electron chi connectivity index (χ4n) is 3.27. The van der Waals surface area contributed by atoms with E-state index in [4.69, 9.17) is 14.5 Å². The zero-order valence-corrected chi connectivity index (χ0v) is 16.8. The fourth-order valence-corrected chi connectivity index (χ4v) is 3.27. The van der Waals surface area contributed by atoms with Gasteiger partial charge in [0.25, 0.3) is 0 Å². The molecule has 1 aromatic carbocycles. The number of aliphatic imine (C=N–C) groups is 1. The number of guanidine groups is 1. The predicted octanol–water partition coefficient (Wildman–Crippen LogP) is 3.49. The largest absolute Gasteiger partial charge is 0.490 e. The minimum Gasteiger partial charge on any atom is -0.490 e. The molecule has 0 saturated carbocycles. The van der Waals surface area contributed by atoms with Gasteiger partial charge in [-0.25, -0.2) is 9.98 Å². The zero-order chi connectivity index (χ0) is 19.6. The van der Waals surface area contributed by atoms with Crippen molar-refractivity contribution >= 4 is 5.96 Å². The molecule has 0 unspecified atom stereocenters. The Bertz CT molecular complexity index is 743. The molecule has 0 aliphatic carbocycles. The molecule has 0 spiro atoms. The van der Waals surface area contributed by atoms with Crippen molar-refractivity contribution in [2.75, 3.05) is 26.2 Å². The van der Waals surface area contributed by atoms with Gasteiger partial charge in [-0.3, -0.25) is 0 Å². The number of piperidine rings is 1. The third kappa shape index (κ3) is 5.62. The van der Waals surface area contributed by atoms with Crippen LogP contribution in [0, 0.1) is 0 Å². The number of likely N-dealkylation sites (tertiary alicyclic amines) is 1. The minimum atomic E-state index is 0.254. The van der Waals surface area contributed by atoms with E-state index in [1.807, 2.05) is 49.4 Å². The molecule has 6 heteroatoms. The molecule has 6 nitrogen and oxygen atoms in total. The van der Waals surface area contributed by atoms with Gasteiger partial charge in [-0.2, -0.15) is 0 Å². The molecule has 28 heavy (non-hydrogen) atoms. The van der Waals surface area contributed by atoms with Gasteiger partial charge >= 0.3 is 0 Å². The molecule has 0 atom stereocenters. The molecule has 0 bridgehead atoms. The Hall–Kier alpha value is -2.76. The lowest BCUT2D eigenvalue weighted by molar-refractivity contribution is 0.129. The number of ether oxygens (including phenoxy) is 2. The lowest BCUT2D eigenvalue weighted by Crippen LogP contribution is -2.47. The van der Waals surface area contributed by atoms with E-state index in [0.29, 0.717) is 19.0 Å². The van der Waals surface area contributed by atoms with Crippen molar-refractivity contribution in [3.63, 3.8) is 0 Å². The molecular weight excluding hydrogens is 352 g/mol. The highest BCUT2D eigenvalue weighted by atomic mass is 16.5. The van der Waals surface area contributed by atoms with Gasteiger partial charge in [-0.05, 0) is 32.0 Å². The number of aromatic nitrogens is 1. The lowest BCUT2D eigenvalue weighted by Gasteiger charge is -2.34. The van der Waals surface area contributed by atoms with Gasteiger partial charge in [-0.1, -0.05) is 24.3 Å². The van der Waals surface area contributed by atoms with E-state index in [2.05, 4.69) is 22.1 Å². The first kappa shape index (κ1) is 20.0. The summed E-state index contributed by atoms with van der Waals surface area (Å²) in [4.78, 5) is 11.5. The molecule has 2 aromatic rings. The van der Waals surface area contributed by atoms with E-state index in [1.165, 1.54) is 0 Å². The molecule has 1 aliphatic rings. The summed E-state index contributed by atoms with van der Waals surface area (Å²) >= 11 is 0. The SMILES string of the molecule is CCNC(=NCc1cccnc1OCC)N1CCC(Oc2ccccc2)CC1. The standard InChI is InChI=1S/C22H30N4O2/c1-3-23-22(25-17-18-9-8-14-24-21(18)27-4-2)26-15-12-20(13-16-26)28-19-10-6-5-7-11-19/h5-11,14,20H,3-4,12-13,15-17H2,1-2H3,(H,23,25). The molecular formula is C22H30N4O2. The van der Waals surface area contributed by atoms with Crippen molar-refractivity contribution < 1.29 is 9.47 Å². The molecule has 0 amide bonds. The normalized spacial score (nSPS) is 15.4. The van der Waals surface area contributed by atoms with E-state index in [0.717, 1.165) is 49.7 Å². The predicted molar refractivity (Wildman–Crippen MR) is 112 cm³/mol. The molecule has 1 aromatic heterocycles. The maximum absolute atomic E-state index is 6.10. The average Bonchev–Trinajstić information content (AvgIpc) is 2.74. The number of hydrogen-bond acceptors (Lipinski definition) is 4. The van der Waals surface area contributed by atoms with Gasteiger partial charge in [-0.15, -0.1) is 0 Å². The first-order valence-corrected chi connectivity index (χ1v) is 10.1. The minimum absolute atomic E-state index is 0.254. The second-order valence-electron chi connectivity index (χ2n) is 6.69. The lowest BCUT2D eigenvalue weighted by atomic mass is 10.1. The average molecular weight is 383 g/mol. The molecule has 1 saturated heterocycles. The third-order valence-corrected chi connectivity index (χ3v) is 4.65. The van der Waals surface area contributed by atoms with Crippen LogP contribution in [0.3, 0.4) is 0 Å². The number of pyridine rings is 1. The van der Waals surface area contributed by atoms with Crippen LogP contribution in [0.25, 0.3) is 0 Å². The Balaban J connectivity index is 1.59. The van der Waals surface area contributed by atoms with Crippen LogP contribution in [-0.2, 0) is 6.54 Å². The smallest absolute Gasteiger partial charge is 0.218 e. The van der Waals surface area contributed by atoms with Gasteiger partial charge in [0.1, 0.15) is 11.9 Å². The van der Waals surface area contributed by atoms with Crippen LogP contribution in [0.4, 0.5) is 0 Å². The highest BCUT2D eigenvalue weighted by Crippen LogP contribution is 2.19. The first-order chi connectivity index (χ1) is 13.8. The van der Waals surface area contributed by atoms with Crippen LogP contribution in [-0.4, -0.2) is 48.2 Å². The van der Waals surface area contributed by atoms with Gasteiger partial charge in [0, 0.05) is 44.2 Å². The molecule has 1 N–H and O–H groups in total. The molecule has 1 aliphatic heterocycles. The first-order valence-electron chi connectivity index (χ1n) is 10.1. The van der Waals surface area contributed by atoms with Gasteiger partial charge in [0.15, 0.2) is 5.96 Å².